The van der Waals surface area contributed by atoms with E-state index in [-0.39, 0.29) is 5.82 Å². The molecule has 1 aliphatic heterocycles. The predicted molar refractivity (Wildman–Crippen MR) is 87.4 cm³/mol. The van der Waals surface area contributed by atoms with Crippen molar-refractivity contribution in [2.45, 2.75) is 26.2 Å². The van der Waals surface area contributed by atoms with E-state index >= 15 is 0 Å². The molecule has 3 aromatic rings. The Hall–Kier alpha value is -2.50. The Morgan fingerprint density at radius 3 is 2.61 bits per heavy atom. The van der Waals surface area contributed by atoms with Crippen molar-refractivity contribution >= 4 is 16.9 Å². The first-order valence-electron chi connectivity index (χ1n) is 7.96. The van der Waals surface area contributed by atoms with E-state index in [1.165, 1.54) is 25.3 Å². The van der Waals surface area contributed by atoms with Gasteiger partial charge < -0.3 is 4.90 Å². The van der Waals surface area contributed by atoms with Crippen molar-refractivity contribution in [2.24, 2.45) is 0 Å². The topological polar surface area (TPSA) is 46.8 Å². The van der Waals surface area contributed by atoms with Gasteiger partial charge in [-0.25, -0.2) is 19.0 Å². The fourth-order valence-corrected chi connectivity index (χ4v) is 3.24. The molecule has 0 amide bonds. The van der Waals surface area contributed by atoms with Crippen molar-refractivity contribution in [3.8, 4) is 5.69 Å². The monoisotopic (exact) mass is 311 g/mol. The largest absolute Gasteiger partial charge is 0.356 e. The van der Waals surface area contributed by atoms with Gasteiger partial charge in [-0.15, -0.1) is 0 Å². The van der Waals surface area contributed by atoms with E-state index in [0.717, 1.165) is 30.0 Å². The number of benzene rings is 1. The van der Waals surface area contributed by atoms with Crippen molar-refractivity contribution in [1.82, 2.24) is 19.7 Å². The van der Waals surface area contributed by atoms with Crippen LogP contribution < -0.4 is 4.90 Å². The second-order valence-electron chi connectivity index (χ2n) is 5.89. The minimum atomic E-state index is -0.310. The van der Waals surface area contributed by atoms with Gasteiger partial charge in [-0.05, 0) is 38.3 Å². The highest BCUT2D eigenvalue weighted by molar-refractivity contribution is 5.90. The van der Waals surface area contributed by atoms with Gasteiger partial charge in [0.25, 0.3) is 0 Å². The molecule has 0 saturated carbocycles. The smallest absolute Gasteiger partial charge is 0.168 e. The lowest BCUT2D eigenvalue weighted by Gasteiger charge is -2.28. The summed E-state index contributed by atoms with van der Waals surface area (Å²) in [6.45, 7) is 3.92. The molecule has 3 heterocycles. The van der Waals surface area contributed by atoms with Crippen LogP contribution in [0.4, 0.5) is 10.2 Å². The Morgan fingerprint density at radius 2 is 1.83 bits per heavy atom. The fourth-order valence-electron chi connectivity index (χ4n) is 3.24. The first kappa shape index (κ1) is 14.1. The third-order valence-corrected chi connectivity index (χ3v) is 4.36. The van der Waals surface area contributed by atoms with Crippen LogP contribution in [0.3, 0.4) is 0 Å². The quantitative estimate of drug-likeness (QED) is 0.729. The van der Waals surface area contributed by atoms with Gasteiger partial charge in [0.15, 0.2) is 5.65 Å². The van der Waals surface area contributed by atoms with Gasteiger partial charge in [0.2, 0.25) is 0 Å². The number of hydrogen-bond acceptors (Lipinski definition) is 4. The van der Waals surface area contributed by atoms with Gasteiger partial charge >= 0.3 is 0 Å². The van der Waals surface area contributed by atoms with Gasteiger partial charge in [0.1, 0.15) is 23.6 Å². The van der Waals surface area contributed by atoms with E-state index in [9.17, 15) is 4.39 Å². The molecule has 1 aliphatic rings. The van der Waals surface area contributed by atoms with Crippen molar-refractivity contribution in [2.75, 3.05) is 18.0 Å². The molecule has 2 aromatic heterocycles. The zero-order valence-corrected chi connectivity index (χ0v) is 13.0. The van der Waals surface area contributed by atoms with Gasteiger partial charge in [-0.3, -0.25) is 0 Å². The fraction of sp³-hybridized carbons (Fsp3) is 0.353. The maximum Gasteiger partial charge on any atom is 0.168 e. The van der Waals surface area contributed by atoms with Crippen LogP contribution in [0.5, 0.6) is 0 Å². The van der Waals surface area contributed by atoms with Crippen LogP contribution >= 0.6 is 0 Å². The van der Waals surface area contributed by atoms with Gasteiger partial charge in [0, 0.05) is 13.1 Å². The maximum absolute atomic E-state index is 14.2. The van der Waals surface area contributed by atoms with Crippen LogP contribution in [0, 0.1) is 12.7 Å². The number of rotatable bonds is 2. The highest BCUT2D eigenvalue weighted by Crippen LogP contribution is 2.29. The van der Waals surface area contributed by atoms with Gasteiger partial charge in [-0.1, -0.05) is 12.1 Å². The molecule has 1 fully saturated rings. The Kier molecular flexibility index (Phi) is 3.44. The number of aryl methyl sites for hydroxylation is 1. The number of aromatic nitrogens is 4. The first-order chi connectivity index (χ1) is 11.3. The van der Waals surface area contributed by atoms with Crippen LogP contribution in [-0.2, 0) is 0 Å². The number of piperidine rings is 1. The molecule has 0 bridgehead atoms. The number of para-hydroxylation sites is 1. The highest BCUT2D eigenvalue weighted by atomic mass is 19.1. The summed E-state index contributed by atoms with van der Waals surface area (Å²) < 4.78 is 15.7. The molecule has 0 radical (unpaired) electrons. The van der Waals surface area contributed by atoms with Crippen LogP contribution in [0.2, 0.25) is 0 Å². The molecule has 118 valence electrons. The third kappa shape index (κ3) is 2.34. The van der Waals surface area contributed by atoms with Crippen molar-refractivity contribution in [1.29, 1.82) is 0 Å². The predicted octanol–water partition coefficient (Wildman–Crippen LogP) is 3.25. The number of halogens is 1. The Labute approximate surface area is 133 Å². The molecule has 1 aromatic carbocycles. The number of anilines is 1. The van der Waals surface area contributed by atoms with Crippen molar-refractivity contribution in [3.63, 3.8) is 0 Å². The van der Waals surface area contributed by atoms with Crippen molar-refractivity contribution < 1.29 is 4.39 Å². The molecule has 0 aliphatic carbocycles. The molecule has 0 spiro atoms. The first-order valence-corrected chi connectivity index (χ1v) is 7.96. The summed E-state index contributed by atoms with van der Waals surface area (Å²) in [6.07, 6.45) is 5.15. The van der Waals surface area contributed by atoms with Crippen LogP contribution in [0.15, 0.2) is 30.6 Å². The number of hydrogen-bond donors (Lipinski definition) is 0. The average Bonchev–Trinajstić information content (AvgIpc) is 2.93. The third-order valence-electron chi connectivity index (χ3n) is 4.36. The van der Waals surface area contributed by atoms with E-state index < -0.39 is 0 Å². The maximum atomic E-state index is 14.2. The number of nitrogens with zero attached hydrogens (tertiary/aromatic N) is 5. The van der Waals surface area contributed by atoms with E-state index in [2.05, 4.69) is 20.0 Å². The lowest BCUT2D eigenvalue weighted by atomic mass is 10.1. The molecule has 1 saturated heterocycles. The summed E-state index contributed by atoms with van der Waals surface area (Å²) in [5, 5.41) is 5.44. The summed E-state index contributed by atoms with van der Waals surface area (Å²) in [4.78, 5) is 11.1. The number of fused-ring (bicyclic) bond motifs is 1. The van der Waals surface area contributed by atoms with Crippen molar-refractivity contribution in [3.05, 3.63) is 42.1 Å². The molecule has 23 heavy (non-hydrogen) atoms. The van der Waals surface area contributed by atoms with Gasteiger partial charge in [-0.2, -0.15) is 5.10 Å². The lowest BCUT2D eigenvalue weighted by Crippen LogP contribution is -2.30. The van der Waals surface area contributed by atoms with Gasteiger partial charge in [0.05, 0.1) is 11.1 Å². The average molecular weight is 311 g/mol. The van der Waals surface area contributed by atoms with E-state index in [0.29, 0.717) is 11.3 Å². The summed E-state index contributed by atoms with van der Waals surface area (Å²) in [5.74, 6) is 0.602. The Morgan fingerprint density at radius 1 is 1.04 bits per heavy atom. The summed E-state index contributed by atoms with van der Waals surface area (Å²) in [7, 11) is 0. The lowest BCUT2D eigenvalue weighted by molar-refractivity contribution is 0.574. The van der Waals surface area contributed by atoms with Crippen LogP contribution in [0.1, 0.15) is 25.0 Å². The molecule has 0 N–H and O–H groups in total. The summed E-state index contributed by atoms with van der Waals surface area (Å²) >= 11 is 0. The SMILES string of the molecule is Cc1nn(-c2ccccc2F)c2ncnc(N3CCCCC3)c12. The molecule has 0 unspecified atom stereocenters. The second-order valence-corrected chi connectivity index (χ2v) is 5.89. The molecular formula is C17H18FN5. The van der Waals surface area contributed by atoms with Crippen LogP contribution in [-0.4, -0.2) is 32.8 Å². The molecule has 6 heteroatoms. The molecule has 4 rings (SSSR count). The zero-order chi connectivity index (χ0) is 15.8. The summed E-state index contributed by atoms with van der Waals surface area (Å²) in [6, 6.07) is 6.62. The minimum absolute atomic E-state index is 0.310. The van der Waals surface area contributed by atoms with E-state index in [1.807, 2.05) is 6.92 Å². The van der Waals surface area contributed by atoms with Crippen LogP contribution in [0.25, 0.3) is 16.7 Å². The Bertz CT molecular complexity index is 851. The molecule has 5 nitrogen and oxygen atoms in total. The second kappa shape index (κ2) is 5.61. The zero-order valence-electron chi connectivity index (χ0n) is 13.0. The minimum Gasteiger partial charge on any atom is -0.356 e. The molecule has 0 atom stereocenters. The molecular weight excluding hydrogens is 293 g/mol. The standard InChI is InChI=1S/C17H18FN5/c1-12-15-16(22-9-5-2-6-10-22)19-11-20-17(15)23(21-12)14-8-4-3-7-13(14)18/h3-4,7-8,11H,2,5-6,9-10H2,1H3. The highest BCUT2D eigenvalue weighted by Gasteiger charge is 2.21. The normalized spacial score (nSPS) is 15.3. The Balaban J connectivity index is 1.91. The summed E-state index contributed by atoms with van der Waals surface area (Å²) in [5.41, 5.74) is 1.89. The van der Waals surface area contributed by atoms with E-state index in [1.54, 1.807) is 29.2 Å². The van der Waals surface area contributed by atoms with E-state index in [4.69, 9.17) is 0 Å².